The molecule has 1 saturated heterocycles. The molecule has 2 aromatic heterocycles. The van der Waals surface area contributed by atoms with Gasteiger partial charge in [-0.2, -0.15) is 0 Å². The van der Waals surface area contributed by atoms with Gasteiger partial charge in [-0.15, -0.1) is 10.2 Å². The van der Waals surface area contributed by atoms with Crippen LogP contribution in [0, 0.1) is 5.82 Å². The van der Waals surface area contributed by atoms with Crippen LogP contribution in [0.1, 0.15) is 4.88 Å². The summed E-state index contributed by atoms with van der Waals surface area (Å²) in [6.07, 6.45) is 0. The zero-order chi connectivity index (χ0) is 21.8. The van der Waals surface area contributed by atoms with Crippen LogP contribution in [-0.2, 0) is 11.3 Å². The number of ether oxygens (including phenoxy) is 1. The predicted molar refractivity (Wildman–Crippen MR) is 124 cm³/mol. The van der Waals surface area contributed by atoms with Gasteiger partial charge >= 0.3 is 0 Å². The van der Waals surface area contributed by atoms with E-state index in [9.17, 15) is 4.39 Å². The predicted octanol–water partition coefficient (Wildman–Crippen LogP) is 4.98. The van der Waals surface area contributed by atoms with Gasteiger partial charge in [0.25, 0.3) is 0 Å². The van der Waals surface area contributed by atoms with E-state index in [0.717, 1.165) is 54.8 Å². The second kappa shape index (κ2) is 9.52. The van der Waals surface area contributed by atoms with Crippen molar-refractivity contribution in [2.75, 3.05) is 31.6 Å². The summed E-state index contributed by atoms with van der Waals surface area (Å²) < 4.78 is 18.6. The summed E-state index contributed by atoms with van der Waals surface area (Å²) in [5.74, 6) is 0.341. The van der Waals surface area contributed by atoms with Crippen LogP contribution < -0.4 is 5.32 Å². The minimum Gasteiger partial charge on any atom is -0.379 e. The first-order chi connectivity index (χ1) is 15.7. The van der Waals surface area contributed by atoms with Crippen molar-refractivity contribution in [2.24, 2.45) is 0 Å². The molecule has 0 amide bonds. The van der Waals surface area contributed by atoms with Crippen LogP contribution in [-0.4, -0.2) is 46.4 Å². The van der Waals surface area contributed by atoms with E-state index < -0.39 is 0 Å². The molecule has 0 bridgehead atoms. The molecule has 162 valence electrons. The number of hydrogen-bond donors (Lipinski definition) is 1. The molecule has 8 heteroatoms. The van der Waals surface area contributed by atoms with E-state index in [1.807, 2.05) is 30.3 Å². The summed E-state index contributed by atoms with van der Waals surface area (Å²) >= 11 is 1.63. The van der Waals surface area contributed by atoms with E-state index in [1.54, 1.807) is 23.5 Å². The maximum Gasteiger partial charge on any atom is 0.189 e. The lowest BCUT2D eigenvalue weighted by Gasteiger charge is -2.26. The maximum atomic E-state index is 13.2. The van der Waals surface area contributed by atoms with Gasteiger partial charge in [0.1, 0.15) is 5.82 Å². The van der Waals surface area contributed by atoms with Crippen molar-refractivity contribution in [3.63, 3.8) is 0 Å². The third-order valence-electron chi connectivity index (χ3n) is 5.26. The Labute approximate surface area is 189 Å². The molecule has 6 nitrogen and oxygen atoms in total. The van der Waals surface area contributed by atoms with E-state index in [2.05, 4.69) is 32.5 Å². The molecule has 4 aromatic rings. The molecule has 2 aromatic carbocycles. The first-order valence-electron chi connectivity index (χ1n) is 10.5. The largest absolute Gasteiger partial charge is 0.379 e. The highest BCUT2D eigenvalue weighted by Crippen LogP contribution is 2.33. The number of anilines is 2. The van der Waals surface area contributed by atoms with E-state index in [-0.39, 0.29) is 5.82 Å². The Balaban J connectivity index is 1.37. The van der Waals surface area contributed by atoms with Crippen molar-refractivity contribution in [1.29, 1.82) is 0 Å². The molecule has 1 N–H and O–H groups in total. The number of aromatic nitrogens is 3. The first kappa shape index (κ1) is 20.7. The van der Waals surface area contributed by atoms with Gasteiger partial charge in [0.15, 0.2) is 10.9 Å². The average molecular weight is 448 g/mol. The normalized spacial score (nSPS) is 14.4. The molecule has 0 unspecified atom stereocenters. The highest BCUT2D eigenvalue weighted by Gasteiger charge is 2.18. The summed E-state index contributed by atoms with van der Waals surface area (Å²) in [5, 5.41) is 12.6. The summed E-state index contributed by atoms with van der Waals surface area (Å²) in [6, 6.07) is 20.2. The fraction of sp³-hybridized carbons (Fsp3) is 0.208. The molecular formula is C24H22FN5OS. The lowest BCUT2D eigenvalue weighted by Crippen LogP contribution is -2.35. The van der Waals surface area contributed by atoms with Gasteiger partial charge in [-0.3, -0.25) is 4.90 Å². The van der Waals surface area contributed by atoms with Gasteiger partial charge in [-0.05, 0) is 36.4 Å². The van der Waals surface area contributed by atoms with E-state index >= 15 is 0 Å². The van der Waals surface area contributed by atoms with Crippen LogP contribution in [0.25, 0.3) is 22.5 Å². The highest BCUT2D eigenvalue weighted by atomic mass is 32.1. The summed E-state index contributed by atoms with van der Waals surface area (Å²) in [4.78, 5) is 8.47. The lowest BCUT2D eigenvalue weighted by atomic mass is 10.1. The van der Waals surface area contributed by atoms with Crippen LogP contribution >= 0.6 is 11.3 Å². The Hall–Kier alpha value is -3.20. The molecule has 1 aliphatic heterocycles. The van der Waals surface area contributed by atoms with Gasteiger partial charge in [0, 0.05) is 35.6 Å². The van der Waals surface area contributed by atoms with Gasteiger partial charge in [0.2, 0.25) is 0 Å². The molecule has 0 radical (unpaired) electrons. The molecule has 5 rings (SSSR count). The molecule has 3 heterocycles. The van der Waals surface area contributed by atoms with Crippen LogP contribution in [0.4, 0.5) is 15.3 Å². The van der Waals surface area contributed by atoms with Crippen molar-refractivity contribution in [1.82, 2.24) is 20.1 Å². The van der Waals surface area contributed by atoms with Gasteiger partial charge < -0.3 is 10.1 Å². The monoisotopic (exact) mass is 447 g/mol. The molecular weight excluding hydrogens is 425 g/mol. The van der Waals surface area contributed by atoms with E-state index in [4.69, 9.17) is 9.72 Å². The minimum atomic E-state index is -0.272. The van der Waals surface area contributed by atoms with E-state index in [1.165, 1.54) is 17.0 Å². The van der Waals surface area contributed by atoms with Crippen molar-refractivity contribution in [3.8, 4) is 22.5 Å². The SMILES string of the molecule is Fc1ccc(-c2ccc(Nc3nc(-c4ccccc4)c(CN4CCOCC4)s3)nn2)cc1. The molecule has 0 atom stereocenters. The summed E-state index contributed by atoms with van der Waals surface area (Å²) in [6.45, 7) is 4.21. The van der Waals surface area contributed by atoms with Crippen molar-refractivity contribution < 1.29 is 9.13 Å². The molecule has 0 saturated carbocycles. The average Bonchev–Trinajstić information content (AvgIpc) is 3.23. The number of hydrogen-bond acceptors (Lipinski definition) is 7. The Kier molecular flexibility index (Phi) is 6.15. The van der Waals surface area contributed by atoms with Crippen molar-refractivity contribution in [3.05, 3.63) is 77.4 Å². The lowest BCUT2D eigenvalue weighted by molar-refractivity contribution is 0.0347. The van der Waals surface area contributed by atoms with Crippen LogP contribution in [0.2, 0.25) is 0 Å². The second-order valence-corrected chi connectivity index (χ2v) is 8.56. The Morgan fingerprint density at radius 2 is 1.69 bits per heavy atom. The number of nitrogens with zero attached hydrogens (tertiary/aromatic N) is 4. The standard InChI is InChI=1S/C24H22FN5OS/c25-19-8-6-17(7-9-19)20-10-11-22(29-28-20)26-24-27-23(18-4-2-1-3-5-18)21(32-24)16-30-12-14-31-15-13-30/h1-11H,12-16H2,(H,26,27,29). The quantitative estimate of drug-likeness (QED) is 0.450. The molecule has 32 heavy (non-hydrogen) atoms. The third-order valence-corrected chi connectivity index (χ3v) is 6.21. The van der Waals surface area contributed by atoms with E-state index in [0.29, 0.717) is 11.5 Å². The molecule has 1 aliphatic rings. The van der Waals surface area contributed by atoms with Crippen molar-refractivity contribution in [2.45, 2.75) is 6.54 Å². The number of thiazole rings is 1. The van der Waals surface area contributed by atoms with Crippen LogP contribution in [0.5, 0.6) is 0 Å². The number of rotatable bonds is 6. The smallest absolute Gasteiger partial charge is 0.189 e. The summed E-state index contributed by atoms with van der Waals surface area (Å²) in [7, 11) is 0. The second-order valence-electron chi connectivity index (χ2n) is 7.48. The fourth-order valence-corrected chi connectivity index (χ4v) is 4.61. The first-order valence-corrected chi connectivity index (χ1v) is 11.3. The zero-order valence-corrected chi connectivity index (χ0v) is 18.2. The van der Waals surface area contributed by atoms with Crippen LogP contribution in [0.3, 0.4) is 0 Å². The Morgan fingerprint density at radius 3 is 2.41 bits per heavy atom. The number of morpholine rings is 1. The Bertz CT molecular complexity index is 1160. The van der Waals surface area contributed by atoms with Crippen LogP contribution in [0.15, 0.2) is 66.7 Å². The number of nitrogens with one attached hydrogen (secondary N) is 1. The zero-order valence-electron chi connectivity index (χ0n) is 17.4. The minimum absolute atomic E-state index is 0.272. The van der Waals surface area contributed by atoms with Gasteiger partial charge in [-0.25, -0.2) is 9.37 Å². The Morgan fingerprint density at radius 1 is 0.906 bits per heavy atom. The number of benzene rings is 2. The van der Waals surface area contributed by atoms with Crippen molar-refractivity contribution >= 4 is 22.3 Å². The third kappa shape index (κ3) is 4.83. The molecule has 0 aliphatic carbocycles. The summed E-state index contributed by atoms with van der Waals surface area (Å²) in [5.41, 5.74) is 3.59. The fourth-order valence-electron chi connectivity index (χ4n) is 3.58. The maximum absolute atomic E-state index is 13.2. The van der Waals surface area contributed by atoms with Gasteiger partial charge in [0.05, 0.1) is 24.6 Å². The molecule has 1 fully saturated rings. The highest BCUT2D eigenvalue weighted by molar-refractivity contribution is 7.16. The number of halogens is 1. The molecule has 0 spiro atoms. The topological polar surface area (TPSA) is 63.2 Å². The van der Waals surface area contributed by atoms with Gasteiger partial charge in [-0.1, -0.05) is 41.7 Å².